The fourth-order valence-corrected chi connectivity index (χ4v) is 3.05. The van der Waals surface area contributed by atoms with Crippen LogP contribution in [-0.2, 0) is 16.1 Å². The van der Waals surface area contributed by atoms with Gasteiger partial charge in [0.2, 0.25) is 5.82 Å². The summed E-state index contributed by atoms with van der Waals surface area (Å²) in [5.41, 5.74) is 0.0118. The summed E-state index contributed by atoms with van der Waals surface area (Å²) >= 11 is 13.4. The second-order valence-corrected chi connectivity index (χ2v) is 7.08. The maximum absolute atomic E-state index is 11.9. The quantitative estimate of drug-likeness (QED) is 0.633. The van der Waals surface area contributed by atoms with E-state index in [0.717, 1.165) is 5.56 Å². The number of aromatic nitrogens is 2. The Labute approximate surface area is 128 Å². The standard InChI is InChI=1S/C12H10Cl2N2O3S/c1-11(6-12(11,13)14)10(17)18-4-8-15-9(16-19-8)7-2-3-20-5-7/h2-3,5H,4,6H2,1H3. The van der Waals surface area contributed by atoms with Crippen LogP contribution in [0.25, 0.3) is 11.4 Å². The average molecular weight is 333 g/mol. The summed E-state index contributed by atoms with van der Waals surface area (Å²) in [5, 5.41) is 7.64. The Hall–Kier alpha value is -1.11. The van der Waals surface area contributed by atoms with Crippen LogP contribution in [0, 0.1) is 5.41 Å². The fraction of sp³-hybridized carbons (Fsp3) is 0.417. The fourth-order valence-electron chi connectivity index (χ4n) is 1.73. The zero-order valence-electron chi connectivity index (χ0n) is 10.4. The van der Waals surface area contributed by atoms with Gasteiger partial charge in [-0.1, -0.05) is 5.16 Å². The molecule has 8 heteroatoms. The van der Waals surface area contributed by atoms with Gasteiger partial charge in [-0.2, -0.15) is 16.3 Å². The summed E-state index contributed by atoms with van der Waals surface area (Å²) in [6.07, 6.45) is 0.381. The monoisotopic (exact) mass is 332 g/mol. The van der Waals surface area contributed by atoms with Crippen LogP contribution >= 0.6 is 34.5 Å². The van der Waals surface area contributed by atoms with Crippen LogP contribution in [0.2, 0.25) is 0 Å². The number of nitrogens with zero attached hydrogens (tertiary/aromatic N) is 2. The van der Waals surface area contributed by atoms with Gasteiger partial charge in [-0.05, 0) is 18.4 Å². The number of alkyl halides is 2. The normalized spacial score (nSPS) is 23.6. The van der Waals surface area contributed by atoms with E-state index in [2.05, 4.69) is 10.1 Å². The second kappa shape index (κ2) is 4.72. The van der Waals surface area contributed by atoms with E-state index in [0.29, 0.717) is 12.2 Å². The summed E-state index contributed by atoms with van der Waals surface area (Å²) in [6, 6.07) is 1.88. The van der Waals surface area contributed by atoms with Gasteiger partial charge in [-0.15, -0.1) is 23.2 Å². The molecule has 1 atom stereocenters. The molecular formula is C12H10Cl2N2O3S. The number of thiophene rings is 1. The number of hydrogen-bond acceptors (Lipinski definition) is 6. The molecular weight excluding hydrogens is 323 g/mol. The minimum atomic E-state index is -1.04. The van der Waals surface area contributed by atoms with Crippen LogP contribution in [0.1, 0.15) is 19.2 Å². The number of rotatable bonds is 4. The van der Waals surface area contributed by atoms with Gasteiger partial charge in [-0.25, -0.2) is 0 Å². The lowest BCUT2D eigenvalue weighted by molar-refractivity contribution is -0.151. The number of ether oxygens (including phenoxy) is 1. The van der Waals surface area contributed by atoms with Gasteiger partial charge >= 0.3 is 5.97 Å². The molecule has 1 saturated carbocycles. The maximum atomic E-state index is 11.9. The number of carbonyl (C=O) groups excluding carboxylic acids is 1. The molecule has 0 N–H and O–H groups in total. The molecule has 0 bridgehead atoms. The Bertz CT molecular complexity index is 641. The minimum Gasteiger partial charge on any atom is -0.455 e. The largest absolute Gasteiger partial charge is 0.455 e. The van der Waals surface area contributed by atoms with Gasteiger partial charge in [-0.3, -0.25) is 4.79 Å². The van der Waals surface area contributed by atoms with Gasteiger partial charge in [0, 0.05) is 17.4 Å². The third kappa shape index (κ3) is 2.32. The highest BCUT2D eigenvalue weighted by atomic mass is 35.5. The molecule has 0 radical (unpaired) electrons. The highest BCUT2D eigenvalue weighted by Crippen LogP contribution is 2.64. The van der Waals surface area contributed by atoms with Crippen molar-refractivity contribution in [1.29, 1.82) is 0 Å². The molecule has 106 valence electrons. The zero-order chi connectivity index (χ0) is 14.4. The number of halogens is 2. The molecule has 5 nitrogen and oxygen atoms in total. The van der Waals surface area contributed by atoms with Crippen molar-refractivity contribution in [2.24, 2.45) is 5.41 Å². The Balaban J connectivity index is 1.61. The molecule has 0 aromatic carbocycles. The summed E-state index contributed by atoms with van der Waals surface area (Å²) in [5.74, 6) is 0.246. The van der Waals surface area contributed by atoms with E-state index in [1.807, 2.05) is 16.8 Å². The van der Waals surface area contributed by atoms with Crippen LogP contribution < -0.4 is 0 Å². The average Bonchev–Trinajstić information content (AvgIpc) is 2.92. The number of esters is 1. The predicted molar refractivity (Wildman–Crippen MR) is 74.6 cm³/mol. The molecule has 1 aliphatic rings. The van der Waals surface area contributed by atoms with E-state index in [4.69, 9.17) is 32.5 Å². The molecule has 0 saturated heterocycles. The highest BCUT2D eigenvalue weighted by molar-refractivity contribution is 7.08. The summed E-state index contributed by atoms with van der Waals surface area (Å²) in [7, 11) is 0. The van der Waals surface area contributed by atoms with E-state index in [9.17, 15) is 4.79 Å². The summed E-state index contributed by atoms with van der Waals surface area (Å²) in [6.45, 7) is 1.58. The molecule has 0 amide bonds. The van der Waals surface area contributed by atoms with Crippen molar-refractivity contribution in [2.45, 2.75) is 24.3 Å². The molecule has 2 heterocycles. The van der Waals surface area contributed by atoms with Crippen LogP contribution in [0.4, 0.5) is 0 Å². The lowest BCUT2D eigenvalue weighted by Crippen LogP contribution is -2.21. The Morgan fingerprint density at radius 2 is 2.35 bits per heavy atom. The van der Waals surface area contributed by atoms with E-state index in [1.165, 1.54) is 11.3 Å². The van der Waals surface area contributed by atoms with Crippen LogP contribution in [-0.4, -0.2) is 20.4 Å². The zero-order valence-corrected chi connectivity index (χ0v) is 12.8. The summed E-state index contributed by atoms with van der Waals surface area (Å²) < 4.78 is 9.10. The first-order valence-electron chi connectivity index (χ1n) is 5.83. The maximum Gasteiger partial charge on any atom is 0.315 e. The lowest BCUT2D eigenvalue weighted by Gasteiger charge is -2.09. The molecule has 0 spiro atoms. The van der Waals surface area contributed by atoms with E-state index >= 15 is 0 Å². The first-order chi connectivity index (χ1) is 9.42. The van der Waals surface area contributed by atoms with Crippen molar-refractivity contribution in [3.63, 3.8) is 0 Å². The van der Waals surface area contributed by atoms with Gasteiger partial charge in [0.05, 0.1) is 0 Å². The molecule has 2 aromatic heterocycles. The number of carbonyl (C=O) groups is 1. The predicted octanol–water partition coefficient (Wildman–Crippen LogP) is 3.43. The first-order valence-corrected chi connectivity index (χ1v) is 7.52. The van der Waals surface area contributed by atoms with Gasteiger partial charge < -0.3 is 9.26 Å². The molecule has 20 heavy (non-hydrogen) atoms. The smallest absolute Gasteiger partial charge is 0.315 e. The van der Waals surface area contributed by atoms with E-state index < -0.39 is 15.7 Å². The Kier molecular flexibility index (Phi) is 3.27. The molecule has 1 unspecified atom stereocenters. The highest BCUT2D eigenvalue weighted by Gasteiger charge is 2.69. The van der Waals surface area contributed by atoms with Crippen molar-refractivity contribution in [2.75, 3.05) is 0 Å². The molecule has 0 aliphatic heterocycles. The third-order valence-electron chi connectivity index (χ3n) is 3.28. The van der Waals surface area contributed by atoms with E-state index in [1.54, 1.807) is 6.92 Å². The molecule has 1 aliphatic carbocycles. The number of hydrogen-bond donors (Lipinski definition) is 0. The van der Waals surface area contributed by atoms with Crippen LogP contribution in [0.3, 0.4) is 0 Å². The minimum absolute atomic E-state index is 0.0879. The van der Waals surface area contributed by atoms with E-state index in [-0.39, 0.29) is 12.5 Å². The lowest BCUT2D eigenvalue weighted by atomic mass is 10.1. The molecule has 2 aromatic rings. The van der Waals surface area contributed by atoms with Crippen molar-refractivity contribution in [3.05, 3.63) is 22.7 Å². The second-order valence-electron chi connectivity index (χ2n) is 4.81. The van der Waals surface area contributed by atoms with Crippen LogP contribution in [0.15, 0.2) is 21.3 Å². The van der Waals surface area contributed by atoms with Crippen molar-refractivity contribution in [1.82, 2.24) is 10.1 Å². The molecule has 1 fully saturated rings. The SMILES string of the molecule is CC1(C(=O)OCc2nc(-c3ccsc3)no2)CC1(Cl)Cl. The van der Waals surface area contributed by atoms with Gasteiger partial charge in [0.15, 0.2) is 6.61 Å². The third-order valence-corrected chi connectivity index (χ3v) is 5.07. The topological polar surface area (TPSA) is 65.2 Å². The Morgan fingerprint density at radius 3 is 2.95 bits per heavy atom. The van der Waals surface area contributed by atoms with Gasteiger partial charge in [0.1, 0.15) is 9.75 Å². The van der Waals surface area contributed by atoms with Crippen LogP contribution in [0.5, 0.6) is 0 Å². The summed E-state index contributed by atoms with van der Waals surface area (Å²) in [4.78, 5) is 16.0. The molecule has 3 rings (SSSR count). The van der Waals surface area contributed by atoms with Crippen molar-refractivity contribution >= 4 is 40.5 Å². The first kappa shape index (κ1) is 13.9. The van der Waals surface area contributed by atoms with Crippen molar-refractivity contribution < 1.29 is 14.1 Å². The Morgan fingerprint density at radius 1 is 1.60 bits per heavy atom. The van der Waals surface area contributed by atoms with Gasteiger partial charge in [0.25, 0.3) is 5.89 Å². The van der Waals surface area contributed by atoms with Crippen molar-refractivity contribution in [3.8, 4) is 11.4 Å².